The molecule has 0 saturated heterocycles. The molecule has 1 aromatic heterocycles. The summed E-state index contributed by atoms with van der Waals surface area (Å²) in [6.45, 7) is 2.39. The van der Waals surface area contributed by atoms with Crippen LogP contribution in [0, 0.1) is 0 Å². The highest BCUT2D eigenvalue weighted by Gasteiger charge is 2.35. The number of hydrogen-bond acceptors (Lipinski definition) is 5. The molecule has 164 valence electrons. The standard InChI is InChI=1S/C26H21N3O3S/c1-2-16-8-11-21-22(14-16)33-26(27-21)28-23(30)18-9-10-19-20(15-18)25(32)29(24(19)31)13-12-17-6-4-3-5-7-17/h3-11,14-15H,2,12-13H2,1H3,(H,27,28,30). The van der Waals surface area contributed by atoms with Crippen LogP contribution in [0.3, 0.4) is 0 Å². The van der Waals surface area contributed by atoms with Gasteiger partial charge in [0.2, 0.25) is 0 Å². The number of rotatable bonds is 6. The third-order valence-electron chi connectivity index (χ3n) is 5.78. The second-order valence-electron chi connectivity index (χ2n) is 7.89. The van der Waals surface area contributed by atoms with Gasteiger partial charge in [-0.15, -0.1) is 0 Å². The zero-order valence-corrected chi connectivity index (χ0v) is 18.8. The second kappa shape index (κ2) is 8.60. The number of nitrogens with zero attached hydrogens (tertiary/aromatic N) is 2. The van der Waals surface area contributed by atoms with Gasteiger partial charge in [-0.3, -0.25) is 24.6 Å². The summed E-state index contributed by atoms with van der Waals surface area (Å²) in [6, 6.07) is 20.4. The van der Waals surface area contributed by atoms with E-state index in [0.29, 0.717) is 29.2 Å². The molecule has 1 aliphatic heterocycles. The van der Waals surface area contributed by atoms with E-state index in [1.807, 2.05) is 42.5 Å². The summed E-state index contributed by atoms with van der Waals surface area (Å²) in [7, 11) is 0. The van der Waals surface area contributed by atoms with Gasteiger partial charge in [0.25, 0.3) is 17.7 Å². The average Bonchev–Trinajstić information content (AvgIpc) is 3.35. The van der Waals surface area contributed by atoms with E-state index >= 15 is 0 Å². The van der Waals surface area contributed by atoms with Crippen molar-refractivity contribution in [1.29, 1.82) is 0 Å². The third kappa shape index (κ3) is 4.03. The van der Waals surface area contributed by atoms with Crippen LogP contribution in [0.1, 0.15) is 49.1 Å². The van der Waals surface area contributed by atoms with E-state index in [9.17, 15) is 14.4 Å². The first-order chi connectivity index (χ1) is 16.0. The maximum Gasteiger partial charge on any atom is 0.261 e. The lowest BCUT2D eigenvalue weighted by Crippen LogP contribution is -2.31. The van der Waals surface area contributed by atoms with Crippen molar-refractivity contribution in [2.45, 2.75) is 19.8 Å². The number of benzene rings is 3. The molecule has 0 radical (unpaired) electrons. The molecule has 2 heterocycles. The monoisotopic (exact) mass is 455 g/mol. The lowest BCUT2D eigenvalue weighted by Gasteiger charge is -2.13. The zero-order valence-electron chi connectivity index (χ0n) is 18.0. The summed E-state index contributed by atoms with van der Waals surface area (Å²) in [4.78, 5) is 44.2. The molecule has 7 heteroatoms. The quantitative estimate of drug-likeness (QED) is 0.417. The molecule has 1 N–H and O–H groups in total. The minimum absolute atomic E-state index is 0.262. The number of carbonyl (C=O) groups is 3. The van der Waals surface area contributed by atoms with Gasteiger partial charge in [-0.1, -0.05) is 54.7 Å². The second-order valence-corrected chi connectivity index (χ2v) is 8.92. The van der Waals surface area contributed by atoms with Crippen LogP contribution >= 0.6 is 11.3 Å². The van der Waals surface area contributed by atoms with Crippen LogP contribution in [-0.2, 0) is 12.8 Å². The highest BCUT2D eigenvalue weighted by molar-refractivity contribution is 7.22. The minimum atomic E-state index is -0.368. The molecule has 33 heavy (non-hydrogen) atoms. The van der Waals surface area contributed by atoms with E-state index in [1.54, 1.807) is 12.1 Å². The number of fused-ring (bicyclic) bond motifs is 2. The molecule has 3 amide bonds. The Hall–Kier alpha value is -3.84. The number of hydrogen-bond donors (Lipinski definition) is 1. The molecule has 5 rings (SSSR count). The number of amides is 3. The fourth-order valence-corrected chi connectivity index (χ4v) is 4.86. The van der Waals surface area contributed by atoms with Gasteiger partial charge >= 0.3 is 0 Å². The van der Waals surface area contributed by atoms with Gasteiger partial charge in [-0.25, -0.2) is 4.98 Å². The van der Waals surface area contributed by atoms with Crippen molar-refractivity contribution in [2.75, 3.05) is 11.9 Å². The Morgan fingerprint density at radius 1 is 0.939 bits per heavy atom. The first-order valence-electron chi connectivity index (χ1n) is 10.8. The Bertz CT molecular complexity index is 1390. The summed E-state index contributed by atoms with van der Waals surface area (Å²) in [5.74, 6) is -1.06. The normalized spacial score (nSPS) is 12.9. The summed E-state index contributed by atoms with van der Waals surface area (Å²) < 4.78 is 1.01. The molecule has 0 spiro atoms. The van der Waals surface area contributed by atoms with Crippen LogP contribution in [0.2, 0.25) is 0 Å². The Kier molecular flexibility index (Phi) is 5.48. The van der Waals surface area contributed by atoms with Gasteiger partial charge < -0.3 is 0 Å². The molecule has 4 aromatic rings. The first-order valence-corrected chi connectivity index (χ1v) is 11.6. The number of nitrogens with one attached hydrogen (secondary N) is 1. The Morgan fingerprint density at radius 3 is 2.52 bits per heavy atom. The van der Waals surface area contributed by atoms with Crippen LogP contribution in [0.15, 0.2) is 66.7 Å². The van der Waals surface area contributed by atoms with Gasteiger partial charge in [-0.2, -0.15) is 0 Å². The Balaban J connectivity index is 1.33. The highest BCUT2D eigenvalue weighted by atomic mass is 32.1. The average molecular weight is 456 g/mol. The number of thiazole rings is 1. The van der Waals surface area contributed by atoms with Gasteiger partial charge in [0, 0.05) is 12.1 Å². The third-order valence-corrected chi connectivity index (χ3v) is 6.71. The maximum absolute atomic E-state index is 12.9. The molecule has 0 atom stereocenters. The van der Waals surface area contributed by atoms with Crippen molar-refractivity contribution in [3.63, 3.8) is 0 Å². The van der Waals surface area contributed by atoms with Gasteiger partial charge in [0.05, 0.1) is 21.3 Å². The lowest BCUT2D eigenvalue weighted by atomic mass is 10.1. The van der Waals surface area contributed by atoms with Crippen LogP contribution < -0.4 is 5.32 Å². The predicted octanol–water partition coefficient (Wildman–Crippen LogP) is 4.95. The highest BCUT2D eigenvalue weighted by Crippen LogP contribution is 2.28. The largest absolute Gasteiger partial charge is 0.298 e. The summed E-state index contributed by atoms with van der Waals surface area (Å²) in [5.41, 5.74) is 4.00. The SMILES string of the molecule is CCc1ccc2nc(NC(=O)c3ccc4c(c3)C(=O)N(CCc3ccccc3)C4=O)sc2c1. The predicted molar refractivity (Wildman–Crippen MR) is 129 cm³/mol. The number of aryl methyl sites for hydroxylation is 1. The molecular formula is C26H21N3O3S. The van der Waals surface area contributed by atoms with E-state index in [-0.39, 0.29) is 23.3 Å². The summed E-state index contributed by atoms with van der Waals surface area (Å²) >= 11 is 1.41. The van der Waals surface area contributed by atoms with Gasteiger partial charge in [0.15, 0.2) is 5.13 Å². The minimum Gasteiger partial charge on any atom is -0.298 e. The van der Waals surface area contributed by atoms with Gasteiger partial charge in [-0.05, 0) is 54.3 Å². The molecule has 0 unspecified atom stereocenters. The molecule has 1 aliphatic rings. The molecule has 0 aliphatic carbocycles. The van der Waals surface area contributed by atoms with Crippen molar-refractivity contribution in [3.8, 4) is 0 Å². The van der Waals surface area contributed by atoms with Crippen LogP contribution in [0.5, 0.6) is 0 Å². The molecule has 3 aromatic carbocycles. The van der Waals surface area contributed by atoms with Crippen LogP contribution in [0.4, 0.5) is 5.13 Å². The maximum atomic E-state index is 12.9. The fraction of sp³-hybridized carbons (Fsp3) is 0.154. The van der Waals surface area contributed by atoms with E-state index in [2.05, 4.69) is 23.3 Å². The van der Waals surface area contributed by atoms with E-state index < -0.39 is 0 Å². The fourth-order valence-electron chi connectivity index (χ4n) is 3.93. The smallest absolute Gasteiger partial charge is 0.261 e. The number of carbonyl (C=O) groups excluding carboxylic acids is 3. The number of imide groups is 1. The molecule has 0 saturated carbocycles. The Morgan fingerprint density at radius 2 is 1.73 bits per heavy atom. The number of aromatic nitrogens is 1. The van der Waals surface area contributed by atoms with E-state index in [0.717, 1.165) is 22.2 Å². The van der Waals surface area contributed by atoms with Crippen LogP contribution in [0.25, 0.3) is 10.2 Å². The molecule has 0 bridgehead atoms. The van der Waals surface area contributed by atoms with Crippen molar-refractivity contribution < 1.29 is 14.4 Å². The molecule has 0 fully saturated rings. The topological polar surface area (TPSA) is 79.4 Å². The lowest BCUT2D eigenvalue weighted by molar-refractivity contribution is 0.0656. The Labute approximate surface area is 194 Å². The molecule has 6 nitrogen and oxygen atoms in total. The zero-order chi connectivity index (χ0) is 22.9. The van der Waals surface area contributed by atoms with Crippen molar-refractivity contribution >= 4 is 44.4 Å². The summed E-state index contributed by atoms with van der Waals surface area (Å²) in [6.07, 6.45) is 1.51. The van der Waals surface area contributed by atoms with Crippen LogP contribution in [-0.4, -0.2) is 34.2 Å². The van der Waals surface area contributed by atoms with E-state index in [4.69, 9.17) is 0 Å². The number of anilines is 1. The first kappa shape index (κ1) is 21.0. The molecular weight excluding hydrogens is 434 g/mol. The van der Waals surface area contributed by atoms with Crippen molar-refractivity contribution in [3.05, 3.63) is 94.5 Å². The van der Waals surface area contributed by atoms with Crippen molar-refractivity contribution in [1.82, 2.24) is 9.88 Å². The van der Waals surface area contributed by atoms with E-state index in [1.165, 1.54) is 27.9 Å². The van der Waals surface area contributed by atoms with Gasteiger partial charge in [0.1, 0.15) is 0 Å². The summed E-state index contributed by atoms with van der Waals surface area (Å²) in [5, 5.41) is 3.31. The van der Waals surface area contributed by atoms with Crippen molar-refractivity contribution in [2.24, 2.45) is 0 Å².